The maximum Gasteiger partial charge on any atom is 0.164 e. The average Bonchev–Trinajstić information content (AvgIpc) is 3.95. The number of rotatable bonds is 6. The van der Waals surface area contributed by atoms with E-state index in [-0.39, 0.29) is 5.41 Å². The summed E-state index contributed by atoms with van der Waals surface area (Å²) in [6, 6.07) is 79.2. The van der Waals surface area contributed by atoms with Crippen LogP contribution in [0.1, 0.15) is 47.2 Å². The Bertz CT molecular complexity index is 3580. The molecule has 4 heteroatoms. The normalized spacial score (nSPS) is 13.9. The van der Waals surface area contributed by atoms with Crippen LogP contribution >= 0.6 is 0 Å². The van der Waals surface area contributed by atoms with Gasteiger partial charge in [0.25, 0.3) is 0 Å². The zero-order chi connectivity index (χ0) is 43.3. The summed E-state index contributed by atoms with van der Waals surface area (Å²) in [7, 11) is 0. The second kappa shape index (κ2) is 14.2. The van der Waals surface area contributed by atoms with E-state index in [0.29, 0.717) is 17.5 Å². The lowest BCUT2D eigenvalue weighted by atomic mass is 9.67. The van der Waals surface area contributed by atoms with Gasteiger partial charge in [-0.05, 0) is 86.0 Å². The van der Waals surface area contributed by atoms with E-state index in [1.165, 1.54) is 55.6 Å². The Morgan fingerprint density at radius 3 is 1.49 bits per heavy atom. The van der Waals surface area contributed by atoms with Crippen LogP contribution in [-0.2, 0) is 10.8 Å². The molecule has 0 bridgehead atoms. The minimum Gasteiger partial charge on any atom is -0.309 e. The first-order valence-electron chi connectivity index (χ1n) is 22.4. The van der Waals surface area contributed by atoms with Gasteiger partial charge in [-0.1, -0.05) is 202 Å². The summed E-state index contributed by atoms with van der Waals surface area (Å²) in [6.07, 6.45) is 0. The molecule has 2 heterocycles. The number of benzene rings is 9. The predicted molar refractivity (Wildman–Crippen MR) is 265 cm³/mol. The molecule has 0 spiro atoms. The molecule has 0 fully saturated rings. The fraction of sp³-hybridized carbons (Fsp3) is 0.0656. The summed E-state index contributed by atoms with van der Waals surface area (Å²) < 4.78 is 2.46. The Morgan fingerprint density at radius 2 is 0.862 bits per heavy atom. The number of fused-ring (bicyclic) bond motifs is 9. The van der Waals surface area contributed by atoms with Gasteiger partial charge in [0.2, 0.25) is 0 Å². The van der Waals surface area contributed by atoms with Crippen LogP contribution in [0.2, 0.25) is 0 Å². The SMILES string of the molecule is CC1(C)c2ccccc2-c2ccc(-n3c4ccc(C5(c6ccccc6)c6ccccc6-c6ccccc65)cc4c4c(-c5nc(-c6ccccc6)nc(-c6ccccc6)n5)cccc43)cc21. The minimum absolute atomic E-state index is 0.156. The number of aromatic nitrogens is 4. The molecule has 0 unspecified atom stereocenters. The van der Waals surface area contributed by atoms with Crippen LogP contribution in [0.5, 0.6) is 0 Å². The lowest BCUT2D eigenvalue weighted by molar-refractivity contribution is 0.660. The zero-order valence-corrected chi connectivity index (χ0v) is 36.1. The van der Waals surface area contributed by atoms with Crippen molar-refractivity contribution in [2.75, 3.05) is 0 Å². The van der Waals surface area contributed by atoms with Gasteiger partial charge < -0.3 is 4.57 Å². The van der Waals surface area contributed by atoms with Crippen molar-refractivity contribution in [2.45, 2.75) is 24.7 Å². The number of nitrogens with zero attached hydrogens (tertiary/aromatic N) is 4. The van der Waals surface area contributed by atoms with Crippen molar-refractivity contribution in [2.24, 2.45) is 0 Å². The number of hydrogen-bond donors (Lipinski definition) is 0. The van der Waals surface area contributed by atoms with E-state index < -0.39 is 5.41 Å². The first kappa shape index (κ1) is 37.4. The maximum absolute atomic E-state index is 5.32. The van der Waals surface area contributed by atoms with Gasteiger partial charge in [-0.2, -0.15) is 0 Å². The third kappa shape index (κ3) is 5.41. The monoisotopic (exact) mass is 830 g/mol. The quantitative estimate of drug-likeness (QED) is 0.168. The van der Waals surface area contributed by atoms with Crippen LogP contribution in [0.15, 0.2) is 218 Å². The molecule has 2 aliphatic carbocycles. The fourth-order valence-corrected chi connectivity index (χ4v) is 11.2. The van der Waals surface area contributed by atoms with Crippen molar-refractivity contribution in [3.63, 3.8) is 0 Å². The summed E-state index contributed by atoms with van der Waals surface area (Å²) in [6.45, 7) is 4.71. The highest BCUT2D eigenvalue weighted by Crippen LogP contribution is 2.57. The molecule has 11 aromatic rings. The largest absolute Gasteiger partial charge is 0.309 e. The second-order valence-corrected chi connectivity index (χ2v) is 17.9. The first-order valence-corrected chi connectivity index (χ1v) is 22.4. The third-order valence-electron chi connectivity index (χ3n) is 14.1. The molecule has 0 saturated carbocycles. The van der Waals surface area contributed by atoms with Crippen LogP contribution in [0, 0.1) is 0 Å². The van der Waals surface area contributed by atoms with Crippen molar-refractivity contribution in [3.05, 3.63) is 252 Å². The molecule has 306 valence electrons. The van der Waals surface area contributed by atoms with Gasteiger partial charge in [0, 0.05) is 38.6 Å². The molecule has 4 nitrogen and oxygen atoms in total. The summed E-state index contributed by atoms with van der Waals surface area (Å²) in [5, 5.41) is 2.23. The standard InChI is InChI=1S/C61H42N4/c1-60(2)50-29-15-12-25-44(50)47-35-34-43(38-53(47)60)65-54-36-33-42(61(41-23-10-5-11-24-41)51-30-16-13-26-45(51)46-27-14-17-31-52(46)61)37-49(54)56-48(28-18-32-55(56)65)59-63-57(39-19-6-3-7-20-39)62-58(64-59)40-21-8-4-9-22-40/h3-38H,1-2H3. The number of hydrogen-bond acceptors (Lipinski definition) is 3. The summed E-state index contributed by atoms with van der Waals surface area (Å²) in [5.41, 5.74) is 18.3. The van der Waals surface area contributed by atoms with Crippen LogP contribution in [0.3, 0.4) is 0 Å². The molecule has 2 aliphatic rings. The molecule has 0 N–H and O–H groups in total. The Kier molecular flexibility index (Phi) is 8.13. The van der Waals surface area contributed by atoms with Gasteiger partial charge in [0.15, 0.2) is 17.5 Å². The Balaban J connectivity index is 1.14. The molecule has 9 aromatic carbocycles. The molecule has 0 atom stereocenters. The van der Waals surface area contributed by atoms with E-state index in [1.807, 2.05) is 36.4 Å². The lowest BCUT2D eigenvalue weighted by Gasteiger charge is -2.34. The van der Waals surface area contributed by atoms with Gasteiger partial charge >= 0.3 is 0 Å². The van der Waals surface area contributed by atoms with Crippen LogP contribution in [-0.4, -0.2) is 19.5 Å². The Hall–Kier alpha value is -8.21. The average molecular weight is 831 g/mol. The molecular formula is C61H42N4. The fourth-order valence-electron chi connectivity index (χ4n) is 11.2. The van der Waals surface area contributed by atoms with Crippen LogP contribution < -0.4 is 0 Å². The van der Waals surface area contributed by atoms with Crippen molar-refractivity contribution >= 4 is 21.8 Å². The predicted octanol–water partition coefficient (Wildman–Crippen LogP) is 14.6. The summed E-state index contributed by atoms with van der Waals surface area (Å²) in [5.74, 6) is 1.91. The molecule has 0 amide bonds. The molecule has 0 aliphatic heterocycles. The topological polar surface area (TPSA) is 43.6 Å². The summed E-state index contributed by atoms with van der Waals surface area (Å²) in [4.78, 5) is 15.7. The van der Waals surface area contributed by atoms with E-state index in [2.05, 4.69) is 200 Å². The van der Waals surface area contributed by atoms with Gasteiger partial charge in [0.05, 0.1) is 16.4 Å². The molecule has 0 saturated heterocycles. The molecule has 2 aromatic heterocycles. The smallest absolute Gasteiger partial charge is 0.164 e. The molecular weight excluding hydrogens is 789 g/mol. The highest BCUT2D eigenvalue weighted by Gasteiger charge is 2.46. The van der Waals surface area contributed by atoms with Crippen molar-refractivity contribution in [1.82, 2.24) is 19.5 Å². The van der Waals surface area contributed by atoms with Crippen molar-refractivity contribution in [3.8, 4) is 62.1 Å². The Morgan fingerprint density at radius 1 is 0.354 bits per heavy atom. The van der Waals surface area contributed by atoms with Crippen molar-refractivity contribution in [1.29, 1.82) is 0 Å². The van der Waals surface area contributed by atoms with E-state index in [4.69, 9.17) is 15.0 Å². The highest BCUT2D eigenvalue weighted by molar-refractivity contribution is 6.16. The summed E-state index contributed by atoms with van der Waals surface area (Å²) >= 11 is 0. The van der Waals surface area contributed by atoms with Crippen LogP contribution in [0.25, 0.3) is 83.9 Å². The lowest BCUT2D eigenvalue weighted by Crippen LogP contribution is -2.28. The van der Waals surface area contributed by atoms with E-state index in [1.54, 1.807) is 0 Å². The van der Waals surface area contributed by atoms with Gasteiger partial charge in [0.1, 0.15) is 0 Å². The second-order valence-electron chi connectivity index (χ2n) is 17.9. The highest BCUT2D eigenvalue weighted by atomic mass is 15.0. The van der Waals surface area contributed by atoms with E-state index >= 15 is 0 Å². The van der Waals surface area contributed by atoms with Gasteiger partial charge in [-0.25, -0.2) is 15.0 Å². The van der Waals surface area contributed by atoms with Gasteiger partial charge in [-0.3, -0.25) is 0 Å². The third-order valence-corrected chi connectivity index (χ3v) is 14.1. The molecule has 0 radical (unpaired) electrons. The van der Waals surface area contributed by atoms with Crippen LogP contribution in [0.4, 0.5) is 0 Å². The molecule has 13 rings (SSSR count). The first-order chi connectivity index (χ1) is 32.0. The molecule has 65 heavy (non-hydrogen) atoms. The van der Waals surface area contributed by atoms with Crippen molar-refractivity contribution < 1.29 is 0 Å². The van der Waals surface area contributed by atoms with Gasteiger partial charge in [-0.15, -0.1) is 0 Å². The van der Waals surface area contributed by atoms with E-state index in [0.717, 1.165) is 44.2 Å². The zero-order valence-electron chi connectivity index (χ0n) is 36.1. The minimum atomic E-state index is -0.566. The van der Waals surface area contributed by atoms with E-state index in [9.17, 15) is 0 Å². The maximum atomic E-state index is 5.32. The Labute approximate surface area is 378 Å².